The molecule has 1 atom stereocenters. The maximum atomic E-state index is 5.71. The van der Waals surface area contributed by atoms with E-state index >= 15 is 0 Å². The molecule has 0 spiro atoms. The number of hydrogen-bond acceptors (Lipinski definition) is 5. The van der Waals surface area contributed by atoms with Gasteiger partial charge in [0.15, 0.2) is 0 Å². The topological polar surface area (TPSA) is 63.8 Å². The van der Waals surface area contributed by atoms with Crippen LogP contribution >= 0.6 is 11.5 Å². The first-order valence-corrected chi connectivity index (χ1v) is 8.76. The van der Waals surface area contributed by atoms with Crippen molar-refractivity contribution in [2.24, 2.45) is 5.84 Å². The SMILES string of the molecule is CCCCCCCCCC(NN)c1snnc1C(C)C. The molecule has 0 aliphatic heterocycles. The lowest BCUT2D eigenvalue weighted by atomic mass is 10.0. The van der Waals surface area contributed by atoms with Crippen LogP contribution < -0.4 is 11.3 Å². The molecule has 0 aliphatic rings. The highest BCUT2D eigenvalue weighted by molar-refractivity contribution is 7.05. The van der Waals surface area contributed by atoms with Gasteiger partial charge in [0.25, 0.3) is 0 Å². The summed E-state index contributed by atoms with van der Waals surface area (Å²) in [4.78, 5) is 1.22. The molecule has 0 bridgehead atoms. The summed E-state index contributed by atoms with van der Waals surface area (Å²) >= 11 is 1.48. The van der Waals surface area contributed by atoms with Gasteiger partial charge in [-0.05, 0) is 23.9 Å². The predicted octanol–water partition coefficient (Wildman–Crippen LogP) is 4.31. The average Bonchev–Trinajstić information content (AvgIpc) is 2.91. The molecular weight excluding hydrogens is 268 g/mol. The molecule has 4 nitrogen and oxygen atoms in total. The second-order valence-electron chi connectivity index (χ2n) is 5.81. The van der Waals surface area contributed by atoms with E-state index in [9.17, 15) is 0 Å². The molecule has 0 radical (unpaired) electrons. The lowest BCUT2D eigenvalue weighted by molar-refractivity contribution is 0.476. The molecule has 1 aromatic rings. The van der Waals surface area contributed by atoms with Gasteiger partial charge in [-0.2, -0.15) is 0 Å². The van der Waals surface area contributed by atoms with Crippen molar-refractivity contribution in [1.29, 1.82) is 0 Å². The van der Waals surface area contributed by atoms with Gasteiger partial charge in [-0.1, -0.05) is 70.2 Å². The van der Waals surface area contributed by atoms with Crippen molar-refractivity contribution in [2.75, 3.05) is 0 Å². The quantitative estimate of drug-likeness (QED) is 0.363. The van der Waals surface area contributed by atoms with Crippen LogP contribution in [0.2, 0.25) is 0 Å². The molecule has 3 N–H and O–H groups in total. The second-order valence-corrected chi connectivity index (χ2v) is 6.59. The fourth-order valence-corrected chi connectivity index (χ4v) is 3.34. The second kappa shape index (κ2) is 10.2. The number of unbranched alkanes of at least 4 members (excludes halogenated alkanes) is 6. The van der Waals surface area contributed by atoms with Gasteiger partial charge in [0.2, 0.25) is 0 Å². The minimum atomic E-state index is 0.211. The monoisotopic (exact) mass is 298 g/mol. The summed E-state index contributed by atoms with van der Waals surface area (Å²) in [6, 6.07) is 0.211. The van der Waals surface area contributed by atoms with Crippen molar-refractivity contribution in [3.63, 3.8) is 0 Å². The summed E-state index contributed by atoms with van der Waals surface area (Å²) in [5, 5.41) is 4.24. The molecule has 1 rings (SSSR count). The van der Waals surface area contributed by atoms with E-state index in [1.807, 2.05) is 0 Å². The molecule has 0 saturated heterocycles. The van der Waals surface area contributed by atoms with Crippen LogP contribution in [-0.2, 0) is 0 Å². The van der Waals surface area contributed by atoms with E-state index in [1.54, 1.807) is 0 Å². The van der Waals surface area contributed by atoms with Crippen LogP contribution in [0.3, 0.4) is 0 Å². The van der Waals surface area contributed by atoms with Crippen LogP contribution in [0, 0.1) is 0 Å². The Morgan fingerprint density at radius 3 is 2.35 bits per heavy atom. The molecule has 0 saturated carbocycles. The number of rotatable bonds is 11. The maximum absolute atomic E-state index is 5.71. The molecule has 1 aromatic heterocycles. The number of hydrogen-bond donors (Lipinski definition) is 2. The summed E-state index contributed by atoms with van der Waals surface area (Å²) in [5.74, 6) is 6.13. The predicted molar refractivity (Wildman–Crippen MR) is 86.7 cm³/mol. The maximum Gasteiger partial charge on any atom is 0.0829 e. The van der Waals surface area contributed by atoms with Crippen LogP contribution in [0.25, 0.3) is 0 Å². The Bertz CT molecular complexity index is 351. The van der Waals surface area contributed by atoms with Gasteiger partial charge in [0, 0.05) is 0 Å². The highest BCUT2D eigenvalue weighted by Gasteiger charge is 2.19. The van der Waals surface area contributed by atoms with Gasteiger partial charge in [0.05, 0.1) is 16.6 Å². The van der Waals surface area contributed by atoms with Crippen LogP contribution in [0.1, 0.15) is 94.7 Å². The molecule has 0 aromatic carbocycles. The Kier molecular flexibility index (Phi) is 8.98. The Morgan fingerprint density at radius 2 is 1.75 bits per heavy atom. The Hall–Kier alpha value is -0.520. The summed E-state index contributed by atoms with van der Waals surface area (Å²) in [6.07, 6.45) is 10.4. The zero-order valence-electron chi connectivity index (χ0n) is 13.2. The van der Waals surface area contributed by atoms with Crippen LogP contribution in [0.4, 0.5) is 0 Å². The smallest absolute Gasteiger partial charge is 0.0829 e. The van der Waals surface area contributed by atoms with Crippen molar-refractivity contribution >= 4 is 11.5 Å². The number of nitrogens with one attached hydrogen (secondary N) is 1. The zero-order valence-corrected chi connectivity index (χ0v) is 14.0. The fourth-order valence-electron chi connectivity index (χ4n) is 2.44. The van der Waals surface area contributed by atoms with Crippen molar-refractivity contribution in [3.8, 4) is 0 Å². The number of aromatic nitrogens is 2. The third-order valence-corrected chi connectivity index (χ3v) is 4.55. The standard InChI is InChI=1S/C15H30N4S/c1-4-5-6-7-8-9-10-11-13(17-16)15-14(12(2)3)18-19-20-15/h12-13,17H,4-11,16H2,1-3H3. The summed E-state index contributed by atoms with van der Waals surface area (Å²) < 4.78 is 4.09. The highest BCUT2D eigenvalue weighted by Crippen LogP contribution is 2.29. The first-order valence-electron chi connectivity index (χ1n) is 7.99. The van der Waals surface area contributed by atoms with E-state index in [0.29, 0.717) is 5.92 Å². The van der Waals surface area contributed by atoms with Gasteiger partial charge in [-0.15, -0.1) is 5.10 Å². The van der Waals surface area contributed by atoms with E-state index in [4.69, 9.17) is 5.84 Å². The zero-order chi connectivity index (χ0) is 14.8. The lowest BCUT2D eigenvalue weighted by Gasteiger charge is -2.16. The third-order valence-electron chi connectivity index (χ3n) is 3.70. The Balaban J connectivity index is 2.31. The molecule has 0 aliphatic carbocycles. The van der Waals surface area contributed by atoms with Gasteiger partial charge >= 0.3 is 0 Å². The van der Waals surface area contributed by atoms with Crippen LogP contribution in [0.5, 0.6) is 0 Å². The fraction of sp³-hybridized carbons (Fsp3) is 0.867. The van der Waals surface area contributed by atoms with Crippen molar-refractivity contribution in [2.45, 2.75) is 84.1 Å². The van der Waals surface area contributed by atoms with Gasteiger partial charge in [0.1, 0.15) is 0 Å². The number of hydrazine groups is 1. The summed E-state index contributed by atoms with van der Waals surface area (Å²) in [7, 11) is 0. The molecule has 20 heavy (non-hydrogen) atoms. The molecular formula is C15H30N4S. The van der Waals surface area contributed by atoms with E-state index in [-0.39, 0.29) is 6.04 Å². The average molecular weight is 299 g/mol. The van der Waals surface area contributed by atoms with Gasteiger partial charge in [-0.25, -0.2) is 0 Å². The third kappa shape index (κ3) is 5.85. The molecule has 5 heteroatoms. The van der Waals surface area contributed by atoms with Crippen molar-refractivity contribution < 1.29 is 0 Å². The molecule has 0 amide bonds. The summed E-state index contributed by atoms with van der Waals surface area (Å²) in [5.41, 5.74) is 4.04. The first-order chi connectivity index (χ1) is 9.70. The number of nitrogens with zero attached hydrogens (tertiary/aromatic N) is 2. The minimum absolute atomic E-state index is 0.211. The molecule has 116 valence electrons. The van der Waals surface area contributed by atoms with E-state index in [2.05, 4.69) is 35.8 Å². The Labute approximate surface area is 127 Å². The van der Waals surface area contributed by atoms with Gasteiger partial charge < -0.3 is 0 Å². The van der Waals surface area contributed by atoms with Crippen LogP contribution in [-0.4, -0.2) is 9.59 Å². The summed E-state index contributed by atoms with van der Waals surface area (Å²) in [6.45, 7) is 6.57. The highest BCUT2D eigenvalue weighted by atomic mass is 32.1. The Morgan fingerprint density at radius 1 is 1.10 bits per heavy atom. The van der Waals surface area contributed by atoms with Gasteiger partial charge in [-0.3, -0.25) is 11.3 Å². The van der Waals surface area contributed by atoms with E-state index in [1.165, 1.54) is 61.4 Å². The van der Waals surface area contributed by atoms with E-state index < -0.39 is 0 Å². The minimum Gasteiger partial charge on any atom is -0.271 e. The molecule has 1 unspecified atom stereocenters. The van der Waals surface area contributed by atoms with Crippen molar-refractivity contribution in [3.05, 3.63) is 10.6 Å². The van der Waals surface area contributed by atoms with Crippen LogP contribution in [0.15, 0.2) is 0 Å². The lowest BCUT2D eigenvalue weighted by Crippen LogP contribution is -2.28. The first kappa shape index (κ1) is 17.5. The molecule has 1 heterocycles. The molecule has 0 fully saturated rings. The normalized spacial score (nSPS) is 13.1. The number of nitrogens with two attached hydrogens (primary N) is 1. The van der Waals surface area contributed by atoms with E-state index in [0.717, 1.165) is 12.1 Å². The largest absolute Gasteiger partial charge is 0.271 e. The van der Waals surface area contributed by atoms with Crippen molar-refractivity contribution in [1.82, 2.24) is 15.0 Å².